The second kappa shape index (κ2) is 19.4. The van der Waals surface area contributed by atoms with Crippen LogP contribution in [-0.2, 0) is 19.1 Å². The maximum absolute atomic E-state index is 13.9. The number of likely N-dealkylation sites (tertiary alicyclic amines) is 1. The maximum Gasteiger partial charge on any atom is 0.407 e. The van der Waals surface area contributed by atoms with Crippen molar-refractivity contribution in [2.75, 3.05) is 13.1 Å². The molecule has 1 fully saturated rings. The summed E-state index contributed by atoms with van der Waals surface area (Å²) in [7, 11) is 0. The number of rotatable bonds is 17. The van der Waals surface area contributed by atoms with Crippen LogP contribution in [0.25, 0.3) is 10.4 Å². The molecule has 3 rings (SSSR count). The van der Waals surface area contributed by atoms with Gasteiger partial charge in [-0.15, -0.1) is 11.3 Å². The Kier molecular flexibility index (Phi) is 15.9. The maximum atomic E-state index is 13.9. The number of nitrogens with one attached hydrogen (secondary N) is 3. The molecule has 4 amide bonds. The Morgan fingerprint density at radius 3 is 2.12 bits per heavy atom. The van der Waals surface area contributed by atoms with Crippen molar-refractivity contribution in [2.24, 2.45) is 5.41 Å². The zero-order valence-corrected chi connectivity index (χ0v) is 32.8. The number of ether oxygens (including phenoxy) is 1. The van der Waals surface area contributed by atoms with Gasteiger partial charge in [-0.05, 0) is 64.0 Å². The molecule has 2 aromatic rings. The number of thiazole rings is 1. The van der Waals surface area contributed by atoms with E-state index in [1.54, 1.807) is 11.3 Å². The van der Waals surface area contributed by atoms with Crippen molar-refractivity contribution in [3.63, 3.8) is 0 Å². The Labute approximate surface area is 308 Å². The predicted molar refractivity (Wildman–Crippen MR) is 202 cm³/mol. The molecule has 4 N–H and O–H groups in total. The standard InChI is InChI=1S/C39H61N5O6S/c1-26(28-18-20-29(21-19-28)33-27(2)41-25-51-33)42-35(47)31-23-30(45)24-44(31)36(48)34(38(3,4)5)43-32(46)17-15-13-11-9-10-12-14-16-22-40-37(49)50-39(6,7)8/h18-21,25-26,30-31,34,45H,9-17,22-24H2,1-8H3,(H,40,49)(H,42,47)(H,43,46). The van der Waals surface area contributed by atoms with Crippen LogP contribution in [-0.4, -0.2) is 75.7 Å². The molecule has 1 aliphatic rings. The van der Waals surface area contributed by atoms with E-state index in [-0.39, 0.29) is 42.8 Å². The van der Waals surface area contributed by atoms with E-state index in [1.807, 2.05) is 85.2 Å². The van der Waals surface area contributed by atoms with Crippen molar-refractivity contribution in [1.82, 2.24) is 25.8 Å². The summed E-state index contributed by atoms with van der Waals surface area (Å²) >= 11 is 1.59. The third kappa shape index (κ3) is 13.9. The van der Waals surface area contributed by atoms with E-state index in [9.17, 15) is 24.3 Å². The van der Waals surface area contributed by atoms with Crippen LogP contribution >= 0.6 is 11.3 Å². The van der Waals surface area contributed by atoms with Crippen LogP contribution < -0.4 is 16.0 Å². The van der Waals surface area contributed by atoms with E-state index in [1.165, 1.54) is 4.90 Å². The van der Waals surface area contributed by atoms with Gasteiger partial charge >= 0.3 is 6.09 Å². The van der Waals surface area contributed by atoms with Gasteiger partial charge in [-0.1, -0.05) is 83.6 Å². The average Bonchev–Trinajstić information content (AvgIpc) is 3.66. The van der Waals surface area contributed by atoms with Crippen molar-refractivity contribution in [2.45, 2.75) is 149 Å². The van der Waals surface area contributed by atoms with Crippen molar-refractivity contribution in [3.8, 4) is 10.4 Å². The van der Waals surface area contributed by atoms with E-state index < -0.39 is 29.2 Å². The number of hydrogen-bond acceptors (Lipinski definition) is 8. The molecule has 4 atom stereocenters. The van der Waals surface area contributed by atoms with Crippen LogP contribution in [0.4, 0.5) is 4.79 Å². The van der Waals surface area contributed by atoms with Gasteiger partial charge < -0.3 is 30.7 Å². The molecule has 0 aliphatic carbocycles. The molecule has 0 spiro atoms. The smallest absolute Gasteiger partial charge is 0.407 e. The lowest BCUT2D eigenvalue weighted by atomic mass is 9.85. The number of alkyl carbamates (subject to hydrolysis) is 1. The van der Waals surface area contributed by atoms with E-state index in [0.717, 1.165) is 73.1 Å². The van der Waals surface area contributed by atoms with Crippen LogP contribution in [0, 0.1) is 12.3 Å². The number of hydrogen-bond donors (Lipinski definition) is 4. The molecule has 1 saturated heterocycles. The van der Waals surface area contributed by atoms with Gasteiger partial charge in [0.2, 0.25) is 17.7 Å². The highest BCUT2D eigenvalue weighted by molar-refractivity contribution is 7.13. The van der Waals surface area contributed by atoms with Gasteiger partial charge in [0.25, 0.3) is 0 Å². The Balaban J connectivity index is 1.42. The summed E-state index contributed by atoms with van der Waals surface area (Å²) in [5, 5.41) is 19.3. The fourth-order valence-corrected chi connectivity index (χ4v) is 7.04. The summed E-state index contributed by atoms with van der Waals surface area (Å²) in [5.74, 6) is -0.871. The molecule has 1 aromatic carbocycles. The van der Waals surface area contributed by atoms with Crippen molar-refractivity contribution >= 4 is 35.2 Å². The van der Waals surface area contributed by atoms with E-state index in [4.69, 9.17) is 4.74 Å². The van der Waals surface area contributed by atoms with Gasteiger partial charge in [-0.25, -0.2) is 9.78 Å². The van der Waals surface area contributed by atoms with Gasteiger partial charge in [0.05, 0.1) is 28.2 Å². The SMILES string of the molecule is Cc1ncsc1-c1ccc(C(C)NC(=O)C2CC(O)CN2C(=O)C(NC(=O)CCCCCCCCCCNC(=O)OC(C)(C)C)C(C)(C)C)cc1. The van der Waals surface area contributed by atoms with Gasteiger partial charge in [0, 0.05) is 25.9 Å². The monoisotopic (exact) mass is 727 g/mol. The molecule has 2 heterocycles. The molecular weight excluding hydrogens is 667 g/mol. The summed E-state index contributed by atoms with van der Waals surface area (Å²) in [6.07, 6.45) is 7.18. The van der Waals surface area contributed by atoms with E-state index >= 15 is 0 Å². The normalized spacial score (nSPS) is 17.5. The fraction of sp³-hybridized carbons (Fsp3) is 0.667. The number of aromatic nitrogens is 1. The molecule has 51 heavy (non-hydrogen) atoms. The molecule has 11 nitrogen and oxygen atoms in total. The summed E-state index contributed by atoms with van der Waals surface area (Å²) in [4.78, 5) is 59.1. The summed E-state index contributed by atoms with van der Waals surface area (Å²) in [6.45, 7) is 15.7. The highest BCUT2D eigenvalue weighted by Gasteiger charge is 2.44. The number of carbonyl (C=O) groups is 4. The molecular formula is C39H61N5O6S. The summed E-state index contributed by atoms with van der Waals surface area (Å²) in [6, 6.07) is 6.01. The Hall–Kier alpha value is -3.51. The number of amides is 4. The summed E-state index contributed by atoms with van der Waals surface area (Å²) in [5.41, 5.74) is 3.70. The van der Waals surface area contributed by atoms with Crippen LogP contribution in [0.2, 0.25) is 0 Å². The molecule has 12 heteroatoms. The number of unbranched alkanes of at least 4 members (excludes halogenated alkanes) is 7. The van der Waals surface area contributed by atoms with Crippen LogP contribution in [0.3, 0.4) is 0 Å². The number of nitrogens with zero attached hydrogens (tertiary/aromatic N) is 2. The topological polar surface area (TPSA) is 150 Å². The first-order valence-electron chi connectivity index (χ1n) is 18.5. The lowest BCUT2D eigenvalue weighted by Gasteiger charge is -2.35. The number of carbonyl (C=O) groups excluding carboxylic acids is 4. The average molecular weight is 728 g/mol. The molecule has 284 valence electrons. The number of aryl methyl sites for hydroxylation is 1. The van der Waals surface area contributed by atoms with Crippen molar-refractivity contribution in [1.29, 1.82) is 0 Å². The fourth-order valence-electron chi connectivity index (χ4n) is 6.22. The predicted octanol–water partition coefficient (Wildman–Crippen LogP) is 6.82. The zero-order chi connectivity index (χ0) is 37.8. The summed E-state index contributed by atoms with van der Waals surface area (Å²) < 4.78 is 5.24. The van der Waals surface area contributed by atoms with E-state index in [0.29, 0.717) is 13.0 Å². The molecule has 0 saturated carbocycles. The first kappa shape index (κ1) is 41.9. The molecule has 4 unspecified atom stereocenters. The van der Waals surface area contributed by atoms with Crippen LogP contribution in [0.5, 0.6) is 0 Å². The first-order valence-corrected chi connectivity index (χ1v) is 19.4. The third-order valence-corrected chi connectivity index (χ3v) is 10.0. The third-order valence-electron chi connectivity index (χ3n) is 9.06. The quantitative estimate of drug-likeness (QED) is 0.131. The van der Waals surface area contributed by atoms with Gasteiger partial charge in [0.15, 0.2) is 0 Å². The largest absolute Gasteiger partial charge is 0.444 e. The minimum absolute atomic E-state index is 0.0386. The molecule has 1 aromatic heterocycles. The lowest BCUT2D eigenvalue weighted by molar-refractivity contribution is -0.144. The minimum Gasteiger partial charge on any atom is -0.444 e. The molecule has 1 aliphatic heterocycles. The van der Waals surface area contributed by atoms with Gasteiger partial charge in [-0.2, -0.15) is 0 Å². The van der Waals surface area contributed by atoms with Crippen molar-refractivity contribution in [3.05, 3.63) is 41.0 Å². The first-order chi connectivity index (χ1) is 24.0. The number of β-amino-alcohol motifs (C(OH)–C–C–N with tert-alkyl or cyclic N) is 1. The second-order valence-corrected chi connectivity index (χ2v) is 16.7. The lowest BCUT2D eigenvalue weighted by Crippen LogP contribution is -2.57. The van der Waals surface area contributed by atoms with Crippen molar-refractivity contribution < 1.29 is 29.0 Å². The van der Waals surface area contributed by atoms with E-state index in [2.05, 4.69) is 20.9 Å². The highest BCUT2D eigenvalue weighted by Crippen LogP contribution is 2.29. The Bertz CT molecular complexity index is 1430. The number of aliphatic hydroxyl groups is 1. The van der Waals surface area contributed by atoms with Crippen LogP contribution in [0.1, 0.15) is 130 Å². The van der Waals surface area contributed by atoms with Gasteiger partial charge in [0.1, 0.15) is 17.7 Å². The Morgan fingerprint density at radius 1 is 0.941 bits per heavy atom. The second-order valence-electron chi connectivity index (χ2n) is 15.9. The molecule has 0 radical (unpaired) electrons. The molecule has 0 bridgehead atoms. The zero-order valence-electron chi connectivity index (χ0n) is 32.0. The minimum atomic E-state index is -0.837. The number of aliphatic hydroxyl groups excluding tert-OH is 1. The number of benzene rings is 1. The Morgan fingerprint density at radius 2 is 1.55 bits per heavy atom. The highest BCUT2D eigenvalue weighted by atomic mass is 32.1. The van der Waals surface area contributed by atoms with Crippen LogP contribution in [0.15, 0.2) is 29.8 Å². The van der Waals surface area contributed by atoms with Gasteiger partial charge in [-0.3, -0.25) is 14.4 Å².